The van der Waals surface area contributed by atoms with Gasteiger partial charge in [-0.15, -0.1) is 0 Å². The Morgan fingerprint density at radius 1 is 0.871 bits per heavy atom. The summed E-state index contributed by atoms with van der Waals surface area (Å²) in [5.74, 6) is 1.74. The maximum atomic E-state index is 13.2. The fourth-order valence-corrected chi connectivity index (χ4v) is 3.90. The number of nitrogens with zero attached hydrogens (tertiary/aromatic N) is 1. The third-order valence-electron chi connectivity index (χ3n) is 5.51. The molecule has 3 aromatic rings. The number of aryl methyl sites for hydroxylation is 2. The lowest BCUT2D eigenvalue weighted by molar-refractivity contribution is -0.135. The molecule has 0 saturated carbocycles. The molecule has 1 amide bonds. The van der Waals surface area contributed by atoms with Crippen molar-refractivity contribution in [3.05, 3.63) is 82.4 Å². The Labute approximate surface area is 187 Å². The molecule has 1 aliphatic rings. The minimum Gasteiger partial charge on any atom is -0.493 e. The van der Waals surface area contributed by atoms with Crippen molar-refractivity contribution in [2.75, 3.05) is 19.1 Å². The second-order valence-corrected chi connectivity index (χ2v) is 7.96. The molecule has 5 nitrogen and oxygen atoms in total. The number of amides is 1. The van der Waals surface area contributed by atoms with Crippen LogP contribution in [0.25, 0.3) is 0 Å². The maximum Gasteiger partial charge on any atom is 0.271 e. The predicted octanol–water partition coefficient (Wildman–Crippen LogP) is 5.51. The van der Waals surface area contributed by atoms with Crippen LogP contribution in [0.2, 0.25) is 5.02 Å². The van der Waals surface area contributed by atoms with Crippen molar-refractivity contribution in [3.63, 3.8) is 0 Å². The quantitative estimate of drug-likeness (QED) is 0.477. The Morgan fingerprint density at radius 3 is 2.23 bits per heavy atom. The van der Waals surface area contributed by atoms with E-state index in [1.807, 2.05) is 74.5 Å². The molecule has 1 heterocycles. The van der Waals surface area contributed by atoms with E-state index in [-0.39, 0.29) is 11.9 Å². The summed E-state index contributed by atoms with van der Waals surface area (Å²) >= 11 is 6.34. The highest BCUT2D eigenvalue weighted by Crippen LogP contribution is 2.44. The van der Waals surface area contributed by atoms with E-state index >= 15 is 0 Å². The van der Waals surface area contributed by atoms with Gasteiger partial charge in [-0.3, -0.25) is 9.69 Å². The number of methoxy groups -OCH3 is 2. The Bertz CT molecular complexity index is 1110. The Hall–Kier alpha value is -3.18. The van der Waals surface area contributed by atoms with Crippen LogP contribution in [0.1, 0.15) is 22.7 Å². The lowest BCUT2D eigenvalue weighted by Crippen LogP contribution is -2.61. The third-order valence-corrected chi connectivity index (χ3v) is 5.92. The number of hydrogen-bond donors (Lipinski definition) is 0. The summed E-state index contributed by atoms with van der Waals surface area (Å²) < 4.78 is 17.0. The third kappa shape index (κ3) is 3.93. The van der Waals surface area contributed by atoms with Gasteiger partial charge in [-0.1, -0.05) is 41.4 Å². The second-order valence-electron chi connectivity index (χ2n) is 7.55. The van der Waals surface area contributed by atoms with Gasteiger partial charge < -0.3 is 14.2 Å². The van der Waals surface area contributed by atoms with Crippen molar-refractivity contribution in [2.45, 2.75) is 26.0 Å². The molecular weight excluding hydrogens is 414 g/mol. The highest BCUT2D eigenvalue weighted by molar-refractivity contribution is 6.31. The van der Waals surface area contributed by atoms with Crippen molar-refractivity contribution in [1.29, 1.82) is 0 Å². The normalized spacial score (nSPS) is 17.8. The Kier molecular flexibility index (Phi) is 5.79. The first-order valence-electron chi connectivity index (χ1n) is 9.97. The largest absolute Gasteiger partial charge is 0.493 e. The fourth-order valence-electron chi connectivity index (χ4n) is 3.72. The van der Waals surface area contributed by atoms with Gasteiger partial charge in [0, 0.05) is 10.7 Å². The monoisotopic (exact) mass is 437 g/mol. The number of β-lactam (4-membered cyclic amide) rings is 1. The molecule has 160 valence electrons. The molecule has 0 N–H and O–H groups in total. The van der Waals surface area contributed by atoms with Crippen LogP contribution in [0.5, 0.6) is 17.2 Å². The van der Waals surface area contributed by atoms with Gasteiger partial charge in [0.05, 0.1) is 14.2 Å². The zero-order valence-corrected chi connectivity index (χ0v) is 18.6. The first-order valence-corrected chi connectivity index (χ1v) is 10.3. The lowest BCUT2D eigenvalue weighted by atomic mass is 9.89. The lowest BCUT2D eigenvalue weighted by Gasteiger charge is -2.46. The maximum absolute atomic E-state index is 13.2. The van der Waals surface area contributed by atoms with Gasteiger partial charge in [0.25, 0.3) is 5.91 Å². The highest BCUT2D eigenvalue weighted by Gasteiger charge is 2.51. The summed E-state index contributed by atoms with van der Waals surface area (Å²) in [5.41, 5.74) is 3.68. The van der Waals surface area contributed by atoms with E-state index in [2.05, 4.69) is 0 Å². The molecule has 0 radical (unpaired) electrons. The van der Waals surface area contributed by atoms with E-state index in [4.69, 9.17) is 25.8 Å². The van der Waals surface area contributed by atoms with Gasteiger partial charge in [0.2, 0.25) is 6.10 Å². The van der Waals surface area contributed by atoms with Crippen LogP contribution in [0.4, 0.5) is 5.69 Å². The smallest absolute Gasteiger partial charge is 0.271 e. The number of carbonyl (C=O) groups excluding carboxylic acids is 1. The average molecular weight is 438 g/mol. The molecule has 4 rings (SSSR count). The molecule has 1 saturated heterocycles. The topological polar surface area (TPSA) is 48.0 Å². The van der Waals surface area contributed by atoms with Gasteiger partial charge in [0.1, 0.15) is 11.8 Å². The minimum atomic E-state index is -0.666. The van der Waals surface area contributed by atoms with E-state index in [0.29, 0.717) is 22.3 Å². The molecule has 0 aromatic heterocycles. The molecule has 2 unspecified atom stereocenters. The number of hydrogen-bond acceptors (Lipinski definition) is 4. The number of carbonyl (C=O) groups is 1. The minimum absolute atomic E-state index is 0.125. The van der Waals surface area contributed by atoms with Crippen molar-refractivity contribution >= 4 is 23.2 Å². The Morgan fingerprint density at radius 2 is 1.58 bits per heavy atom. The molecule has 1 aliphatic heterocycles. The zero-order valence-electron chi connectivity index (χ0n) is 17.9. The standard InChI is InChI=1S/C25H24ClNO4/c1-15-5-10-19(11-6-15)31-24-23(17-8-12-21(29-3)22(13-17)30-4)27(25(24)28)18-9-7-16(2)20(26)14-18/h5-14,23-24H,1-4H3. The molecule has 0 bridgehead atoms. The zero-order chi connectivity index (χ0) is 22.1. The van der Waals surface area contributed by atoms with E-state index in [1.54, 1.807) is 19.1 Å². The van der Waals surface area contributed by atoms with E-state index in [0.717, 1.165) is 22.4 Å². The summed E-state index contributed by atoms with van der Waals surface area (Å²) in [7, 11) is 3.18. The summed E-state index contributed by atoms with van der Waals surface area (Å²) in [6.45, 7) is 3.94. The second kappa shape index (κ2) is 8.52. The first kappa shape index (κ1) is 21.1. The summed E-state index contributed by atoms with van der Waals surface area (Å²) in [6.07, 6.45) is -0.666. The molecule has 31 heavy (non-hydrogen) atoms. The summed E-state index contributed by atoms with van der Waals surface area (Å²) in [6, 6.07) is 18.6. The van der Waals surface area contributed by atoms with Crippen LogP contribution in [0, 0.1) is 13.8 Å². The number of ether oxygens (including phenoxy) is 3. The molecule has 6 heteroatoms. The molecular formula is C25H24ClNO4. The van der Waals surface area contributed by atoms with Gasteiger partial charge in [-0.2, -0.15) is 0 Å². The van der Waals surface area contributed by atoms with Crippen molar-refractivity contribution in [1.82, 2.24) is 0 Å². The number of rotatable bonds is 6. The number of anilines is 1. The predicted molar refractivity (Wildman–Crippen MR) is 122 cm³/mol. The first-order chi connectivity index (χ1) is 14.9. The van der Waals surface area contributed by atoms with Crippen LogP contribution in [-0.4, -0.2) is 26.2 Å². The van der Waals surface area contributed by atoms with Crippen LogP contribution < -0.4 is 19.1 Å². The highest BCUT2D eigenvalue weighted by atomic mass is 35.5. The van der Waals surface area contributed by atoms with Crippen LogP contribution in [-0.2, 0) is 4.79 Å². The van der Waals surface area contributed by atoms with Crippen LogP contribution in [0.15, 0.2) is 60.7 Å². The van der Waals surface area contributed by atoms with Crippen molar-refractivity contribution in [2.24, 2.45) is 0 Å². The summed E-state index contributed by atoms with van der Waals surface area (Å²) in [4.78, 5) is 14.9. The fraction of sp³-hybridized carbons (Fsp3) is 0.240. The molecule has 3 aromatic carbocycles. The average Bonchev–Trinajstić information content (AvgIpc) is 2.78. The molecule has 1 fully saturated rings. The SMILES string of the molecule is COc1ccc(C2C(Oc3ccc(C)cc3)C(=O)N2c2ccc(C)c(Cl)c2)cc1OC. The van der Waals surface area contributed by atoms with E-state index in [1.165, 1.54) is 0 Å². The number of benzene rings is 3. The molecule has 2 atom stereocenters. The molecule has 0 spiro atoms. The van der Waals surface area contributed by atoms with Gasteiger partial charge in [0.15, 0.2) is 11.5 Å². The van der Waals surface area contributed by atoms with E-state index < -0.39 is 6.10 Å². The van der Waals surface area contributed by atoms with Gasteiger partial charge in [-0.25, -0.2) is 0 Å². The van der Waals surface area contributed by atoms with Gasteiger partial charge >= 0.3 is 0 Å². The van der Waals surface area contributed by atoms with Crippen molar-refractivity contribution in [3.8, 4) is 17.2 Å². The number of halogens is 1. The Balaban J connectivity index is 1.74. The van der Waals surface area contributed by atoms with Gasteiger partial charge in [-0.05, 0) is 61.4 Å². The van der Waals surface area contributed by atoms with E-state index in [9.17, 15) is 4.79 Å². The molecule has 0 aliphatic carbocycles. The van der Waals surface area contributed by atoms with Crippen molar-refractivity contribution < 1.29 is 19.0 Å². The van der Waals surface area contributed by atoms with Crippen LogP contribution in [0.3, 0.4) is 0 Å². The van der Waals surface area contributed by atoms with Crippen LogP contribution >= 0.6 is 11.6 Å². The summed E-state index contributed by atoms with van der Waals surface area (Å²) in [5, 5.41) is 0.610.